The standard InChI is InChI=1S/C21H25FN4O/c22-18-8-6-16(7-9-18)19-14-20(24-15-23-19)25-10-12-26(13-11-25)21(27)17-4-2-1-3-5-17/h6-9,14-15,17H,1-5,10-13H2. The lowest BCUT2D eigenvalue weighted by Gasteiger charge is -2.37. The lowest BCUT2D eigenvalue weighted by Crippen LogP contribution is -2.50. The Hall–Kier alpha value is -2.50. The number of piperazine rings is 1. The SMILES string of the molecule is O=C(C1CCCCC1)N1CCN(c2cc(-c3ccc(F)cc3)ncn2)CC1. The first-order chi connectivity index (χ1) is 13.2. The van der Waals surface area contributed by atoms with E-state index < -0.39 is 0 Å². The highest BCUT2D eigenvalue weighted by Crippen LogP contribution is 2.27. The molecule has 0 unspecified atom stereocenters. The summed E-state index contributed by atoms with van der Waals surface area (Å²) in [5, 5.41) is 0. The molecule has 1 aromatic carbocycles. The highest BCUT2D eigenvalue weighted by atomic mass is 19.1. The Morgan fingerprint density at radius 1 is 0.963 bits per heavy atom. The van der Waals surface area contributed by atoms with Gasteiger partial charge in [0.2, 0.25) is 5.91 Å². The van der Waals surface area contributed by atoms with E-state index in [0.717, 1.165) is 56.1 Å². The number of hydrogen-bond acceptors (Lipinski definition) is 4. The van der Waals surface area contributed by atoms with Gasteiger partial charge in [0.05, 0.1) is 5.69 Å². The first kappa shape index (κ1) is 17.9. The number of benzene rings is 1. The van der Waals surface area contributed by atoms with E-state index in [1.807, 2.05) is 11.0 Å². The number of amides is 1. The number of carbonyl (C=O) groups is 1. The van der Waals surface area contributed by atoms with E-state index in [1.165, 1.54) is 31.4 Å². The van der Waals surface area contributed by atoms with Gasteiger partial charge in [-0.25, -0.2) is 14.4 Å². The highest BCUT2D eigenvalue weighted by molar-refractivity contribution is 5.79. The molecule has 2 aromatic rings. The molecule has 142 valence electrons. The predicted octanol–water partition coefficient (Wildman–Crippen LogP) is 3.51. The third-order valence-electron chi connectivity index (χ3n) is 5.66. The predicted molar refractivity (Wildman–Crippen MR) is 103 cm³/mol. The third kappa shape index (κ3) is 4.10. The molecule has 1 aliphatic heterocycles. The average molecular weight is 368 g/mol. The molecule has 27 heavy (non-hydrogen) atoms. The zero-order valence-electron chi connectivity index (χ0n) is 15.5. The Morgan fingerprint density at radius 3 is 2.37 bits per heavy atom. The first-order valence-electron chi connectivity index (χ1n) is 9.82. The van der Waals surface area contributed by atoms with Gasteiger partial charge in [0, 0.05) is 43.7 Å². The van der Waals surface area contributed by atoms with Crippen LogP contribution >= 0.6 is 0 Å². The van der Waals surface area contributed by atoms with E-state index in [2.05, 4.69) is 14.9 Å². The van der Waals surface area contributed by atoms with Gasteiger partial charge in [0.1, 0.15) is 18.0 Å². The Bertz CT molecular complexity index is 781. The van der Waals surface area contributed by atoms with Gasteiger partial charge >= 0.3 is 0 Å². The summed E-state index contributed by atoms with van der Waals surface area (Å²) < 4.78 is 13.1. The smallest absolute Gasteiger partial charge is 0.225 e. The van der Waals surface area contributed by atoms with Crippen molar-refractivity contribution in [2.24, 2.45) is 5.92 Å². The van der Waals surface area contributed by atoms with Crippen LogP contribution in [0.3, 0.4) is 0 Å². The normalized spacial score (nSPS) is 18.6. The number of halogens is 1. The molecule has 1 amide bonds. The van der Waals surface area contributed by atoms with Crippen LogP contribution in [0.4, 0.5) is 10.2 Å². The summed E-state index contributed by atoms with van der Waals surface area (Å²) in [6.45, 7) is 3.03. The molecule has 0 bridgehead atoms. The molecular formula is C21H25FN4O. The lowest BCUT2D eigenvalue weighted by atomic mass is 9.88. The van der Waals surface area contributed by atoms with E-state index >= 15 is 0 Å². The molecule has 1 aromatic heterocycles. The van der Waals surface area contributed by atoms with Crippen LogP contribution in [0, 0.1) is 11.7 Å². The minimum Gasteiger partial charge on any atom is -0.353 e. The monoisotopic (exact) mass is 368 g/mol. The van der Waals surface area contributed by atoms with E-state index in [9.17, 15) is 9.18 Å². The summed E-state index contributed by atoms with van der Waals surface area (Å²) in [5.41, 5.74) is 1.65. The first-order valence-corrected chi connectivity index (χ1v) is 9.82. The summed E-state index contributed by atoms with van der Waals surface area (Å²) in [4.78, 5) is 25.6. The van der Waals surface area contributed by atoms with Crippen LogP contribution in [0.25, 0.3) is 11.3 Å². The molecule has 2 fully saturated rings. The van der Waals surface area contributed by atoms with Gasteiger partial charge in [0.25, 0.3) is 0 Å². The summed E-state index contributed by atoms with van der Waals surface area (Å²) in [7, 11) is 0. The molecule has 1 saturated carbocycles. The molecule has 0 N–H and O–H groups in total. The zero-order chi connectivity index (χ0) is 18.6. The molecular weight excluding hydrogens is 343 g/mol. The minimum absolute atomic E-state index is 0.231. The van der Waals surface area contributed by atoms with Crippen LogP contribution in [0.15, 0.2) is 36.7 Å². The van der Waals surface area contributed by atoms with Crippen molar-refractivity contribution >= 4 is 11.7 Å². The fourth-order valence-corrected chi connectivity index (χ4v) is 4.06. The summed E-state index contributed by atoms with van der Waals surface area (Å²) in [5.74, 6) is 1.17. The number of aromatic nitrogens is 2. The number of nitrogens with zero attached hydrogens (tertiary/aromatic N) is 4. The van der Waals surface area contributed by atoms with E-state index in [1.54, 1.807) is 18.5 Å². The van der Waals surface area contributed by atoms with E-state index in [0.29, 0.717) is 5.91 Å². The van der Waals surface area contributed by atoms with Crippen LogP contribution < -0.4 is 4.90 Å². The number of hydrogen-bond donors (Lipinski definition) is 0. The average Bonchev–Trinajstić information content (AvgIpc) is 2.75. The van der Waals surface area contributed by atoms with Gasteiger partial charge in [-0.2, -0.15) is 0 Å². The van der Waals surface area contributed by atoms with Crippen LogP contribution in [-0.4, -0.2) is 47.0 Å². The van der Waals surface area contributed by atoms with Crippen molar-refractivity contribution in [3.8, 4) is 11.3 Å². The second kappa shape index (κ2) is 8.03. The van der Waals surface area contributed by atoms with Gasteiger partial charge in [-0.05, 0) is 37.1 Å². The van der Waals surface area contributed by atoms with Crippen molar-refractivity contribution in [2.45, 2.75) is 32.1 Å². The minimum atomic E-state index is -0.258. The van der Waals surface area contributed by atoms with Crippen molar-refractivity contribution < 1.29 is 9.18 Å². The van der Waals surface area contributed by atoms with Gasteiger partial charge in [-0.3, -0.25) is 4.79 Å². The fraction of sp³-hybridized carbons (Fsp3) is 0.476. The van der Waals surface area contributed by atoms with Crippen molar-refractivity contribution in [3.63, 3.8) is 0 Å². The van der Waals surface area contributed by atoms with Crippen molar-refractivity contribution in [3.05, 3.63) is 42.5 Å². The topological polar surface area (TPSA) is 49.3 Å². The maximum absolute atomic E-state index is 13.1. The molecule has 1 saturated heterocycles. The van der Waals surface area contributed by atoms with Crippen LogP contribution in [-0.2, 0) is 4.79 Å². The van der Waals surface area contributed by atoms with Gasteiger partial charge in [0.15, 0.2) is 0 Å². The van der Waals surface area contributed by atoms with Crippen molar-refractivity contribution in [1.29, 1.82) is 0 Å². The van der Waals surface area contributed by atoms with Crippen LogP contribution in [0.5, 0.6) is 0 Å². The second-order valence-electron chi connectivity index (χ2n) is 7.42. The molecule has 0 atom stereocenters. The molecule has 0 radical (unpaired) electrons. The maximum atomic E-state index is 13.1. The molecule has 1 aliphatic carbocycles. The van der Waals surface area contributed by atoms with Gasteiger partial charge in [-0.1, -0.05) is 19.3 Å². The molecule has 6 heteroatoms. The molecule has 2 heterocycles. The molecule has 2 aliphatic rings. The summed E-state index contributed by atoms with van der Waals surface area (Å²) >= 11 is 0. The van der Waals surface area contributed by atoms with E-state index in [4.69, 9.17) is 0 Å². The maximum Gasteiger partial charge on any atom is 0.225 e. The number of carbonyl (C=O) groups excluding carboxylic acids is 1. The Morgan fingerprint density at radius 2 is 1.67 bits per heavy atom. The number of anilines is 1. The Balaban J connectivity index is 1.40. The van der Waals surface area contributed by atoms with Gasteiger partial charge < -0.3 is 9.80 Å². The van der Waals surface area contributed by atoms with Crippen molar-refractivity contribution in [2.75, 3.05) is 31.1 Å². The lowest BCUT2D eigenvalue weighted by molar-refractivity contribution is -0.136. The fourth-order valence-electron chi connectivity index (χ4n) is 4.06. The summed E-state index contributed by atoms with van der Waals surface area (Å²) in [6.07, 6.45) is 7.28. The van der Waals surface area contributed by atoms with Gasteiger partial charge in [-0.15, -0.1) is 0 Å². The third-order valence-corrected chi connectivity index (χ3v) is 5.66. The Labute approximate surface area is 159 Å². The summed E-state index contributed by atoms with van der Waals surface area (Å²) in [6, 6.07) is 8.26. The zero-order valence-corrected chi connectivity index (χ0v) is 15.5. The van der Waals surface area contributed by atoms with E-state index in [-0.39, 0.29) is 11.7 Å². The molecule has 4 rings (SSSR count). The van der Waals surface area contributed by atoms with Crippen molar-refractivity contribution in [1.82, 2.24) is 14.9 Å². The number of rotatable bonds is 3. The van der Waals surface area contributed by atoms with Crippen LogP contribution in [0.2, 0.25) is 0 Å². The van der Waals surface area contributed by atoms with Crippen LogP contribution in [0.1, 0.15) is 32.1 Å². The Kier molecular flexibility index (Phi) is 5.32. The molecule has 5 nitrogen and oxygen atoms in total. The quantitative estimate of drug-likeness (QED) is 0.832. The largest absolute Gasteiger partial charge is 0.353 e. The highest BCUT2D eigenvalue weighted by Gasteiger charge is 2.28. The second-order valence-corrected chi connectivity index (χ2v) is 7.42. The molecule has 0 spiro atoms.